The molecule has 0 amide bonds. The Kier molecular flexibility index (Phi) is 16.4. The summed E-state index contributed by atoms with van der Waals surface area (Å²) in [6, 6.07) is 60.1. The molecule has 6 aromatic carbocycles. The van der Waals surface area contributed by atoms with Gasteiger partial charge in [0.15, 0.2) is 18.9 Å². The van der Waals surface area contributed by atoms with Crippen molar-refractivity contribution in [2.45, 2.75) is 101 Å². The molecule has 0 bridgehead atoms. The van der Waals surface area contributed by atoms with E-state index in [1.54, 1.807) is 7.11 Å². The Morgan fingerprint density at radius 3 is 1.33 bits per heavy atom. The van der Waals surface area contributed by atoms with E-state index in [9.17, 15) is 0 Å². The summed E-state index contributed by atoms with van der Waals surface area (Å²) in [7, 11) is 1.60. The summed E-state index contributed by atoms with van der Waals surface area (Å²) in [5.41, 5.74) is 5.85. The van der Waals surface area contributed by atoms with Gasteiger partial charge in [-0.3, -0.25) is 0 Å². The molecule has 344 valence electrons. The average molecular weight is 895 g/mol. The molecule has 3 aliphatic rings. The Balaban J connectivity index is 1.10. The summed E-state index contributed by atoms with van der Waals surface area (Å²) in [6.07, 6.45) is -8.32. The van der Waals surface area contributed by atoms with Crippen LogP contribution in [0.1, 0.15) is 39.7 Å². The molecule has 3 heterocycles. The van der Waals surface area contributed by atoms with Gasteiger partial charge in [0, 0.05) is 12.7 Å². The van der Waals surface area contributed by atoms with E-state index in [2.05, 4.69) is 0 Å². The third-order valence-electron chi connectivity index (χ3n) is 12.0. The third-order valence-corrected chi connectivity index (χ3v) is 12.0. The Hall–Kier alpha value is -5.12. The van der Waals surface area contributed by atoms with Gasteiger partial charge in [-0.25, -0.2) is 0 Å². The maximum Gasteiger partial charge on any atom is 0.187 e. The molecule has 3 fully saturated rings. The molecule has 11 atom stereocenters. The van der Waals surface area contributed by atoms with Gasteiger partial charge in [0.05, 0.1) is 46.2 Å². The Bertz CT molecular complexity index is 2270. The van der Waals surface area contributed by atoms with E-state index in [1.807, 2.05) is 182 Å². The molecule has 0 radical (unpaired) electrons. The minimum absolute atomic E-state index is 0.166. The van der Waals surface area contributed by atoms with Crippen LogP contribution < -0.4 is 0 Å². The maximum atomic E-state index is 7.40. The van der Waals surface area contributed by atoms with Crippen LogP contribution in [0.5, 0.6) is 0 Å². The molecule has 11 heteroatoms. The molecule has 0 aromatic heterocycles. The smallest absolute Gasteiger partial charge is 0.187 e. The number of benzene rings is 6. The van der Waals surface area contributed by atoms with Crippen molar-refractivity contribution >= 4 is 0 Å². The zero-order chi connectivity index (χ0) is 44.8. The van der Waals surface area contributed by atoms with Crippen LogP contribution in [0.4, 0.5) is 0 Å². The first-order valence-corrected chi connectivity index (χ1v) is 22.7. The first kappa shape index (κ1) is 46.0. The average Bonchev–Trinajstić information content (AvgIpc) is 3.38. The standard InChI is InChI=1S/C55H58O11/c1-56-54-52(61-36-43-28-16-6-17-29-43)50(48-46(63-54)38-62-53(65-48)44-30-18-7-19-31-44)66-55-51(60-35-42-26-14-5-15-27-42)49(59-34-41-24-12-4-13-25-41)47(58-33-40-22-10-3-11-23-40)45(64-55)37-57-32-39-20-8-2-9-21-39/h2-31,45-55H,32-38H2,1H3/t45-,46-,47-,48-,49+,50+,51-,52+,53?,54+,55-/m1/s1. The topological polar surface area (TPSA) is 102 Å². The molecular formula is C55H58O11. The molecule has 66 heavy (non-hydrogen) atoms. The van der Waals surface area contributed by atoms with Gasteiger partial charge in [-0.2, -0.15) is 0 Å². The van der Waals surface area contributed by atoms with Crippen molar-refractivity contribution in [1.29, 1.82) is 0 Å². The molecule has 9 rings (SSSR count). The van der Waals surface area contributed by atoms with Crippen LogP contribution in [0.25, 0.3) is 0 Å². The molecule has 0 N–H and O–H groups in total. The minimum Gasteiger partial charge on any atom is -0.374 e. The van der Waals surface area contributed by atoms with Gasteiger partial charge < -0.3 is 52.1 Å². The second-order valence-electron chi connectivity index (χ2n) is 16.6. The highest BCUT2D eigenvalue weighted by atomic mass is 16.8. The lowest BCUT2D eigenvalue weighted by Gasteiger charge is -2.51. The highest BCUT2D eigenvalue weighted by Crippen LogP contribution is 2.40. The Morgan fingerprint density at radius 1 is 0.424 bits per heavy atom. The van der Waals surface area contributed by atoms with Crippen molar-refractivity contribution in [3.05, 3.63) is 215 Å². The summed E-state index contributed by atoms with van der Waals surface area (Å²) >= 11 is 0. The van der Waals surface area contributed by atoms with E-state index in [-0.39, 0.29) is 33.0 Å². The fourth-order valence-electron chi connectivity index (χ4n) is 8.63. The first-order valence-electron chi connectivity index (χ1n) is 22.7. The first-order chi connectivity index (χ1) is 32.7. The fraction of sp³-hybridized carbons (Fsp3) is 0.345. The van der Waals surface area contributed by atoms with Crippen LogP contribution in [-0.4, -0.2) is 81.7 Å². The second-order valence-corrected chi connectivity index (χ2v) is 16.6. The molecule has 1 unspecified atom stereocenters. The van der Waals surface area contributed by atoms with Crippen molar-refractivity contribution in [2.24, 2.45) is 0 Å². The second kappa shape index (κ2) is 23.6. The van der Waals surface area contributed by atoms with Crippen LogP contribution in [0.3, 0.4) is 0 Å². The lowest BCUT2D eigenvalue weighted by atomic mass is 9.95. The van der Waals surface area contributed by atoms with Gasteiger partial charge in [0.1, 0.15) is 48.8 Å². The molecule has 0 saturated carbocycles. The minimum atomic E-state index is -1.05. The summed E-state index contributed by atoms with van der Waals surface area (Å²) in [4.78, 5) is 0. The SMILES string of the molecule is CO[C@H]1O[C@@H]2COC(c3ccccc3)O[C@H]2[C@H](O[C@H]2O[C@H](COCc3ccccc3)[C@@H](OCc3ccccc3)[C@H](OCc3ccccc3)[C@H]2OCc2ccccc2)[C@@H]1OCc1ccccc1. The van der Waals surface area contributed by atoms with Crippen molar-refractivity contribution in [3.63, 3.8) is 0 Å². The summed E-state index contributed by atoms with van der Waals surface area (Å²) < 4.78 is 74.6. The van der Waals surface area contributed by atoms with Crippen LogP contribution in [0, 0.1) is 0 Å². The van der Waals surface area contributed by atoms with Crippen molar-refractivity contribution in [2.75, 3.05) is 20.3 Å². The monoisotopic (exact) mass is 894 g/mol. The zero-order valence-corrected chi connectivity index (χ0v) is 37.1. The fourth-order valence-corrected chi connectivity index (χ4v) is 8.63. The quantitative estimate of drug-likeness (QED) is 0.0734. The number of fused-ring (bicyclic) bond motifs is 1. The number of hydrogen-bond donors (Lipinski definition) is 0. The zero-order valence-electron chi connectivity index (χ0n) is 37.1. The predicted octanol–water partition coefficient (Wildman–Crippen LogP) is 9.14. The summed E-state index contributed by atoms with van der Waals surface area (Å²) in [5, 5.41) is 0. The van der Waals surface area contributed by atoms with Gasteiger partial charge in [0.2, 0.25) is 0 Å². The van der Waals surface area contributed by atoms with Crippen LogP contribution in [-0.2, 0) is 85.1 Å². The van der Waals surface area contributed by atoms with E-state index in [1.165, 1.54) is 0 Å². The van der Waals surface area contributed by atoms with E-state index in [4.69, 9.17) is 52.1 Å². The van der Waals surface area contributed by atoms with Gasteiger partial charge in [-0.15, -0.1) is 0 Å². The van der Waals surface area contributed by atoms with E-state index >= 15 is 0 Å². The van der Waals surface area contributed by atoms with E-state index in [0.717, 1.165) is 33.4 Å². The molecule has 3 saturated heterocycles. The van der Waals surface area contributed by atoms with Crippen molar-refractivity contribution in [3.8, 4) is 0 Å². The lowest BCUT2D eigenvalue weighted by molar-refractivity contribution is -0.399. The van der Waals surface area contributed by atoms with Crippen molar-refractivity contribution in [1.82, 2.24) is 0 Å². The Morgan fingerprint density at radius 2 is 0.848 bits per heavy atom. The van der Waals surface area contributed by atoms with Crippen LogP contribution in [0.15, 0.2) is 182 Å². The molecule has 3 aliphatic heterocycles. The van der Waals surface area contributed by atoms with E-state index in [0.29, 0.717) is 13.2 Å². The molecular weight excluding hydrogens is 837 g/mol. The van der Waals surface area contributed by atoms with Crippen LogP contribution >= 0.6 is 0 Å². The highest BCUT2D eigenvalue weighted by molar-refractivity contribution is 5.19. The van der Waals surface area contributed by atoms with Gasteiger partial charge in [0.25, 0.3) is 0 Å². The highest BCUT2D eigenvalue weighted by Gasteiger charge is 2.56. The van der Waals surface area contributed by atoms with E-state index < -0.39 is 67.7 Å². The molecule has 0 spiro atoms. The largest absolute Gasteiger partial charge is 0.374 e. The van der Waals surface area contributed by atoms with Crippen molar-refractivity contribution < 1.29 is 52.1 Å². The number of methoxy groups -OCH3 is 1. The van der Waals surface area contributed by atoms with Gasteiger partial charge in [-0.05, 0) is 27.8 Å². The number of rotatable bonds is 20. The van der Waals surface area contributed by atoms with Gasteiger partial charge >= 0.3 is 0 Å². The maximum absolute atomic E-state index is 7.40. The molecule has 0 aliphatic carbocycles. The summed E-state index contributed by atoms with van der Waals surface area (Å²) in [6.45, 7) is 1.85. The number of ether oxygens (including phenoxy) is 11. The third kappa shape index (κ3) is 12.1. The van der Waals surface area contributed by atoms with Crippen LogP contribution in [0.2, 0.25) is 0 Å². The summed E-state index contributed by atoms with van der Waals surface area (Å²) in [5.74, 6) is 0. The number of hydrogen-bond acceptors (Lipinski definition) is 11. The normalized spacial score (nSPS) is 27.5. The Labute approximate surface area is 387 Å². The lowest BCUT2D eigenvalue weighted by Crippen LogP contribution is -2.67. The molecule has 11 nitrogen and oxygen atoms in total. The predicted molar refractivity (Wildman–Crippen MR) is 245 cm³/mol. The van der Waals surface area contributed by atoms with Gasteiger partial charge in [-0.1, -0.05) is 182 Å². The molecule has 6 aromatic rings.